The van der Waals surface area contributed by atoms with Gasteiger partial charge in [0.15, 0.2) is 5.13 Å². The van der Waals surface area contributed by atoms with Gasteiger partial charge in [-0.1, -0.05) is 23.5 Å². The van der Waals surface area contributed by atoms with Gasteiger partial charge in [0.2, 0.25) is 0 Å². The summed E-state index contributed by atoms with van der Waals surface area (Å²) in [6.45, 7) is 11.5. The molecule has 0 saturated carbocycles. The molecular weight excluding hydrogens is 354 g/mol. The number of rotatable bonds is 2. The highest BCUT2D eigenvalue weighted by molar-refractivity contribution is 7.22. The second kappa shape index (κ2) is 6.97. The molecular formula is C22H25N3OS. The van der Waals surface area contributed by atoms with E-state index in [0.29, 0.717) is 0 Å². The maximum Gasteiger partial charge on any atom is 0.253 e. The number of thiazole rings is 1. The lowest BCUT2D eigenvalue weighted by atomic mass is 10.1. The van der Waals surface area contributed by atoms with Crippen molar-refractivity contribution in [3.05, 3.63) is 58.1 Å². The number of carbonyl (C=O) groups is 1. The van der Waals surface area contributed by atoms with Gasteiger partial charge >= 0.3 is 0 Å². The lowest BCUT2D eigenvalue weighted by molar-refractivity contribution is 0.0746. The zero-order valence-corrected chi connectivity index (χ0v) is 17.2. The molecule has 4 rings (SSSR count). The van der Waals surface area contributed by atoms with Crippen LogP contribution < -0.4 is 4.90 Å². The molecule has 27 heavy (non-hydrogen) atoms. The Bertz CT molecular complexity index is 1020. The summed E-state index contributed by atoms with van der Waals surface area (Å²) in [5, 5.41) is 1.07. The van der Waals surface area contributed by atoms with Crippen molar-refractivity contribution in [2.75, 3.05) is 31.1 Å². The summed E-state index contributed by atoms with van der Waals surface area (Å²) in [5.41, 5.74) is 6.83. The SMILES string of the molecule is Cc1ccc(C(=O)N2CCN(c3nc4c(C)c(C)ccc4s3)CC2)cc1C. The van der Waals surface area contributed by atoms with Crippen LogP contribution in [0.2, 0.25) is 0 Å². The molecule has 2 aromatic carbocycles. The van der Waals surface area contributed by atoms with Crippen LogP contribution in [0.4, 0.5) is 5.13 Å². The van der Waals surface area contributed by atoms with Crippen LogP contribution in [0.3, 0.4) is 0 Å². The summed E-state index contributed by atoms with van der Waals surface area (Å²) < 4.78 is 1.24. The van der Waals surface area contributed by atoms with Crippen LogP contribution in [0.25, 0.3) is 10.2 Å². The summed E-state index contributed by atoms with van der Waals surface area (Å²) >= 11 is 1.75. The lowest BCUT2D eigenvalue weighted by Gasteiger charge is -2.34. The molecule has 1 aliphatic rings. The fourth-order valence-electron chi connectivity index (χ4n) is 3.51. The van der Waals surface area contributed by atoms with Gasteiger partial charge < -0.3 is 9.80 Å². The molecule has 0 spiro atoms. The summed E-state index contributed by atoms with van der Waals surface area (Å²) in [7, 11) is 0. The highest BCUT2D eigenvalue weighted by Crippen LogP contribution is 2.32. The maximum atomic E-state index is 12.8. The van der Waals surface area contributed by atoms with Gasteiger partial charge in [0.05, 0.1) is 10.2 Å². The average molecular weight is 380 g/mol. The number of amides is 1. The highest BCUT2D eigenvalue weighted by atomic mass is 32.1. The Morgan fingerprint density at radius 2 is 1.63 bits per heavy atom. The number of fused-ring (bicyclic) bond motifs is 1. The van der Waals surface area contributed by atoms with Crippen LogP contribution in [0.15, 0.2) is 30.3 Å². The predicted octanol–water partition coefficient (Wildman–Crippen LogP) is 4.49. The van der Waals surface area contributed by atoms with Crippen LogP contribution in [0.5, 0.6) is 0 Å². The van der Waals surface area contributed by atoms with Crippen molar-refractivity contribution in [3.63, 3.8) is 0 Å². The predicted molar refractivity (Wildman–Crippen MR) is 113 cm³/mol. The van der Waals surface area contributed by atoms with E-state index in [9.17, 15) is 4.79 Å². The molecule has 3 aromatic rings. The normalized spacial score (nSPS) is 14.8. The minimum atomic E-state index is 0.133. The average Bonchev–Trinajstić information content (AvgIpc) is 3.12. The Labute approximate surface area is 164 Å². The second-order valence-corrected chi connectivity index (χ2v) is 8.44. The highest BCUT2D eigenvalue weighted by Gasteiger charge is 2.24. The molecule has 0 atom stereocenters. The molecule has 0 unspecified atom stereocenters. The third-order valence-electron chi connectivity index (χ3n) is 5.66. The van der Waals surface area contributed by atoms with Gasteiger partial charge in [-0.25, -0.2) is 4.98 Å². The number of hydrogen-bond acceptors (Lipinski definition) is 4. The zero-order valence-electron chi connectivity index (χ0n) is 16.4. The molecule has 0 aliphatic carbocycles. The van der Waals surface area contributed by atoms with E-state index in [1.54, 1.807) is 11.3 Å². The quantitative estimate of drug-likeness (QED) is 0.658. The first-order valence-corrected chi connectivity index (χ1v) is 10.2. The van der Waals surface area contributed by atoms with Crippen molar-refractivity contribution in [2.24, 2.45) is 0 Å². The number of hydrogen-bond donors (Lipinski definition) is 0. The van der Waals surface area contributed by atoms with Gasteiger partial charge in [0, 0.05) is 31.7 Å². The summed E-state index contributed by atoms with van der Waals surface area (Å²) in [5.74, 6) is 0.133. The maximum absolute atomic E-state index is 12.8. The number of piperazine rings is 1. The van der Waals surface area contributed by atoms with E-state index < -0.39 is 0 Å². The minimum absolute atomic E-state index is 0.133. The Kier molecular flexibility index (Phi) is 4.64. The minimum Gasteiger partial charge on any atom is -0.345 e. The standard InChI is InChI=1S/C22H25N3OS/c1-14-5-7-18(13-16(14)3)21(26)24-9-11-25(12-10-24)22-23-20-17(4)15(2)6-8-19(20)27-22/h5-8,13H,9-12H2,1-4H3. The Morgan fingerprint density at radius 3 is 2.33 bits per heavy atom. The number of aromatic nitrogens is 1. The third-order valence-corrected chi connectivity index (χ3v) is 6.75. The van der Waals surface area contributed by atoms with Gasteiger partial charge in [-0.05, 0) is 68.1 Å². The number of aryl methyl sites for hydroxylation is 4. The molecule has 1 aromatic heterocycles. The van der Waals surface area contributed by atoms with E-state index in [4.69, 9.17) is 4.98 Å². The summed E-state index contributed by atoms with van der Waals surface area (Å²) in [6.07, 6.45) is 0. The number of nitrogens with zero attached hydrogens (tertiary/aromatic N) is 3. The molecule has 2 heterocycles. The molecule has 1 fully saturated rings. The number of anilines is 1. The van der Waals surface area contributed by atoms with Crippen molar-refractivity contribution >= 4 is 32.6 Å². The first kappa shape index (κ1) is 18.0. The van der Waals surface area contributed by atoms with Crippen LogP contribution in [-0.4, -0.2) is 42.0 Å². The van der Waals surface area contributed by atoms with Gasteiger partial charge in [0.25, 0.3) is 5.91 Å². The van der Waals surface area contributed by atoms with E-state index in [1.807, 2.05) is 23.1 Å². The topological polar surface area (TPSA) is 36.4 Å². The van der Waals surface area contributed by atoms with Gasteiger partial charge in [-0.2, -0.15) is 0 Å². The van der Waals surface area contributed by atoms with Crippen LogP contribution in [0, 0.1) is 27.7 Å². The smallest absolute Gasteiger partial charge is 0.253 e. The van der Waals surface area contributed by atoms with Crippen molar-refractivity contribution in [3.8, 4) is 0 Å². The van der Waals surface area contributed by atoms with Crippen molar-refractivity contribution in [1.82, 2.24) is 9.88 Å². The largest absolute Gasteiger partial charge is 0.345 e. The molecule has 1 saturated heterocycles. The zero-order chi connectivity index (χ0) is 19.1. The van der Waals surface area contributed by atoms with Crippen LogP contribution in [-0.2, 0) is 0 Å². The van der Waals surface area contributed by atoms with Crippen LogP contribution in [0.1, 0.15) is 32.6 Å². The van der Waals surface area contributed by atoms with Crippen molar-refractivity contribution in [1.29, 1.82) is 0 Å². The molecule has 0 N–H and O–H groups in total. The fraction of sp³-hybridized carbons (Fsp3) is 0.364. The Balaban J connectivity index is 1.48. The third kappa shape index (κ3) is 3.32. The van der Waals surface area contributed by atoms with Crippen molar-refractivity contribution < 1.29 is 4.79 Å². The van der Waals surface area contributed by atoms with Gasteiger partial charge in [-0.3, -0.25) is 4.79 Å². The van der Waals surface area contributed by atoms with E-state index in [0.717, 1.165) is 42.4 Å². The van der Waals surface area contributed by atoms with E-state index in [2.05, 4.69) is 44.7 Å². The Morgan fingerprint density at radius 1 is 0.926 bits per heavy atom. The molecule has 0 radical (unpaired) electrons. The summed E-state index contributed by atoms with van der Waals surface area (Å²) in [4.78, 5) is 22.0. The molecule has 1 aliphatic heterocycles. The molecule has 140 valence electrons. The number of carbonyl (C=O) groups excluding carboxylic acids is 1. The van der Waals surface area contributed by atoms with E-state index in [-0.39, 0.29) is 5.91 Å². The second-order valence-electron chi connectivity index (χ2n) is 7.43. The molecule has 0 bridgehead atoms. The molecule has 4 nitrogen and oxygen atoms in total. The molecule has 1 amide bonds. The van der Waals surface area contributed by atoms with Gasteiger partial charge in [-0.15, -0.1) is 0 Å². The van der Waals surface area contributed by atoms with Crippen LogP contribution >= 0.6 is 11.3 Å². The molecule has 5 heteroatoms. The van der Waals surface area contributed by atoms with Gasteiger partial charge in [0.1, 0.15) is 0 Å². The monoisotopic (exact) mass is 379 g/mol. The Hall–Kier alpha value is -2.40. The summed E-state index contributed by atoms with van der Waals surface area (Å²) in [6, 6.07) is 10.3. The van der Waals surface area contributed by atoms with E-state index >= 15 is 0 Å². The first-order valence-electron chi connectivity index (χ1n) is 9.42. The number of benzene rings is 2. The first-order chi connectivity index (χ1) is 12.9. The van der Waals surface area contributed by atoms with Crippen molar-refractivity contribution in [2.45, 2.75) is 27.7 Å². The fourth-order valence-corrected chi connectivity index (χ4v) is 4.58. The van der Waals surface area contributed by atoms with E-state index in [1.165, 1.54) is 27.0 Å². The lowest BCUT2D eigenvalue weighted by Crippen LogP contribution is -2.48.